The lowest BCUT2D eigenvalue weighted by Crippen LogP contribution is -2.17. The molecule has 0 radical (unpaired) electrons. The van der Waals surface area contributed by atoms with Crippen molar-refractivity contribution < 1.29 is 4.39 Å². The van der Waals surface area contributed by atoms with Gasteiger partial charge >= 0.3 is 0 Å². The smallest absolute Gasteiger partial charge is 0.255 e. The molecule has 104 valence electrons. The number of halogens is 2. The molecule has 2 aromatic rings. The van der Waals surface area contributed by atoms with Gasteiger partial charge in [0.1, 0.15) is 5.82 Å². The van der Waals surface area contributed by atoms with Gasteiger partial charge < -0.3 is 5.32 Å². The summed E-state index contributed by atoms with van der Waals surface area (Å²) in [4.78, 5) is 19.0. The van der Waals surface area contributed by atoms with Crippen LogP contribution in [0.25, 0.3) is 0 Å². The Hall–Kier alpha value is -1.88. The fraction of sp³-hybridized carbons (Fsp3) is 0.286. The minimum atomic E-state index is -0.445. The van der Waals surface area contributed by atoms with Gasteiger partial charge in [-0.05, 0) is 37.0 Å². The number of anilines is 1. The van der Waals surface area contributed by atoms with Crippen LogP contribution in [0.2, 0.25) is 5.02 Å². The topological polar surface area (TPSA) is 57.8 Å². The number of rotatable bonds is 3. The van der Waals surface area contributed by atoms with Crippen molar-refractivity contribution in [1.82, 2.24) is 9.97 Å². The van der Waals surface area contributed by atoms with Gasteiger partial charge in [0.25, 0.3) is 5.56 Å². The van der Waals surface area contributed by atoms with Gasteiger partial charge in [-0.1, -0.05) is 17.7 Å². The Morgan fingerprint density at radius 2 is 2.25 bits per heavy atom. The summed E-state index contributed by atoms with van der Waals surface area (Å²) in [5, 5.41) is 3.11. The average Bonchev–Trinajstić information content (AvgIpc) is 2.89. The molecule has 0 unspecified atom stereocenters. The molecule has 1 aliphatic rings. The van der Waals surface area contributed by atoms with Crippen molar-refractivity contribution in [3.05, 3.63) is 56.2 Å². The van der Waals surface area contributed by atoms with Crippen molar-refractivity contribution in [2.45, 2.75) is 25.8 Å². The van der Waals surface area contributed by atoms with Crippen LogP contribution in [-0.2, 0) is 19.4 Å². The van der Waals surface area contributed by atoms with Crippen LogP contribution in [0.1, 0.15) is 23.2 Å². The van der Waals surface area contributed by atoms with Crippen LogP contribution in [0.4, 0.5) is 10.3 Å². The van der Waals surface area contributed by atoms with Crippen molar-refractivity contribution in [1.29, 1.82) is 0 Å². The van der Waals surface area contributed by atoms with Gasteiger partial charge in [-0.3, -0.25) is 9.78 Å². The monoisotopic (exact) mass is 293 g/mol. The summed E-state index contributed by atoms with van der Waals surface area (Å²) in [6, 6.07) is 4.51. The van der Waals surface area contributed by atoms with Crippen LogP contribution < -0.4 is 10.9 Å². The maximum absolute atomic E-state index is 13.1. The molecule has 1 heterocycles. The molecule has 1 aliphatic carbocycles. The summed E-state index contributed by atoms with van der Waals surface area (Å²) in [5.74, 6) is -0.00410. The highest BCUT2D eigenvalue weighted by Crippen LogP contribution is 2.18. The van der Waals surface area contributed by atoms with E-state index < -0.39 is 5.82 Å². The van der Waals surface area contributed by atoms with Gasteiger partial charge in [0.2, 0.25) is 5.95 Å². The Morgan fingerprint density at radius 3 is 3.05 bits per heavy atom. The molecule has 0 fully saturated rings. The van der Waals surface area contributed by atoms with E-state index in [9.17, 15) is 9.18 Å². The molecule has 0 saturated carbocycles. The number of nitrogens with one attached hydrogen (secondary N) is 2. The molecule has 4 nitrogen and oxygen atoms in total. The van der Waals surface area contributed by atoms with Crippen molar-refractivity contribution >= 4 is 17.5 Å². The van der Waals surface area contributed by atoms with Crippen LogP contribution in [0.3, 0.4) is 0 Å². The number of nitrogens with zero attached hydrogens (tertiary/aromatic N) is 1. The van der Waals surface area contributed by atoms with Crippen molar-refractivity contribution in [2.75, 3.05) is 5.32 Å². The quantitative estimate of drug-likeness (QED) is 0.915. The molecule has 2 N–H and O–H groups in total. The highest BCUT2D eigenvalue weighted by Gasteiger charge is 2.16. The highest BCUT2D eigenvalue weighted by atomic mass is 35.5. The van der Waals surface area contributed by atoms with Gasteiger partial charge in [-0.25, -0.2) is 9.37 Å². The first-order valence-electron chi connectivity index (χ1n) is 6.43. The predicted molar refractivity (Wildman–Crippen MR) is 75.6 cm³/mol. The van der Waals surface area contributed by atoms with Crippen molar-refractivity contribution in [2.24, 2.45) is 0 Å². The second-order valence-electron chi connectivity index (χ2n) is 4.80. The summed E-state index contributed by atoms with van der Waals surface area (Å²) in [6.07, 6.45) is 2.62. The van der Waals surface area contributed by atoms with Gasteiger partial charge in [0.15, 0.2) is 0 Å². The van der Waals surface area contributed by atoms with Crippen LogP contribution in [0.5, 0.6) is 0 Å². The third-order valence-corrected chi connectivity index (χ3v) is 3.68. The molecular formula is C14H13ClFN3O. The van der Waals surface area contributed by atoms with E-state index in [1.807, 2.05) is 0 Å². The number of hydrogen-bond acceptors (Lipinski definition) is 3. The molecule has 0 atom stereocenters. The maximum atomic E-state index is 13.1. The molecule has 0 aliphatic heterocycles. The Kier molecular flexibility index (Phi) is 3.44. The molecule has 3 rings (SSSR count). The fourth-order valence-corrected chi connectivity index (χ4v) is 2.56. The number of hydrogen-bond donors (Lipinski definition) is 2. The standard InChI is InChI=1S/C14H13ClFN3O/c15-10-6-8(4-5-11(10)16)7-17-14-18-12-3-1-2-9(12)13(20)19-14/h4-6H,1-3,7H2,(H2,17,18,19,20). The first-order chi connectivity index (χ1) is 9.63. The maximum Gasteiger partial charge on any atom is 0.255 e. The van der Waals surface area contributed by atoms with E-state index in [0.29, 0.717) is 12.5 Å². The first kappa shape index (κ1) is 13.1. The Bertz CT molecular complexity index is 714. The number of aromatic amines is 1. The highest BCUT2D eigenvalue weighted by molar-refractivity contribution is 6.30. The van der Waals surface area contributed by atoms with E-state index in [4.69, 9.17) is 11.6 Å². The zero-order valence-corrected chi connectivity index (χ0v) is 11.4. The average molecular weight is 294 g/mol. The van der Waals surface area contributed by atoms with Gasteiger partial charge in [-0.15, -0.1) is 0 Å². The zero-order chi connectivity index (χ0) is 14.1. The third-order valence-electron chi connectivity index (χ3n) is 3.39. The lowest BCUT2D eigenvalue weighted by molar-refractivity contribution is 0.627. The van der Waals surface area contributed by atoms with E-state index in [1.54, 1.807) is 12.1 Å². The van der Waals surface area contributed by atoms with E-state index in [-0.39, 0.29) is 10.6 Å². The summed E-state index contributed by atoms with van der Waals surface area (Å²) < 4.78 is 13.1. The molecule has 0 saturated heterocycles. The second-order valence-corrected chi connectivity index (χ2v) is 5.20. The summed E-state index contributed by atoms with van der Waals surface area (Å²) >= 11 is 5.72. The minimum absolute atomic E-state index is 0.0767. The summed E-state index contributed by atoms with van der Waals surface area (Å²) in [7, 11) is 0. The van der Waals surface area contributed by atoms with Crippen LogP contribution in [-0.4, -0.2) is 9.97 Å². The normalized spacial score (nSPS) is 13.3. The molecule has 0 spiro atoms. The van der Waals surface area contributed by atoms with E-state index >= 15 is 0 Å². The fourth-order valence-electron chi connectivity index (χ4n) is 2.36. The largest absolute Gasteiger partial charge is 0.352 e. The van der Waals surface area contributed by atoms with Crippen LogP contribution in [0.15, 0.2) is 23.0 Å². The van der Waals surface area contributed by atoms with E-state index in [0.717, 1.165) is 36.1 Å². The SMILES string of the molecule is O=c1[nH]c(NCc2ccc(F)c(Cl)c2)nc2c1CCC2. The zero-order valence-electron chi connectivity index (χ0n) is 10.7. The number of aromatic nitrogens is 2. The summed E-state index contributed by atoms with van der Waals surface area (Å²) in [5.41, 5.74) is 2.40. The molecular weight excluding hydrogens is 281 g/mol. The first-order valence-corrected chi connectivity index (χ1v) is 6.81. The molecule has 1 aromatic carbocycles. The Morgan fingerprint density at radius 1 is 1.40 bits per heavy atom. The predicted octanol–water partition coefficient (Wildman–Crippen LogP) is 2.66. The van der Waals surface area contributed by atoms with Crippen molar-refractivity contribution in [3.8, 4) is 0 Å². The lowest BCUT2D eigenvalue weighted by Gasteiger charge is -2.07. The third kappa shape index (κ3) is 2.54. The molecule has 0 bridgehead atoms. The summed E-state index contributed by atoms with van der Waals surface area (Å²) in [6.45, 7) is 0.418. The van der Waals surface area contributed by atoms with Gasteiger partial charge in [0, 0.05) is 12.1 Å². The Balaban J connectivity index is 1.77. The number of aryl methyl sites for hydroxylation is 1. The number of benzene rings is 1. The number of fused-ring (bicyclic) bond motifs is 1. The van der Waals surface area contributed by atoms with Crippen LogP contribution in [0, 0.1) is 5.82 Å². The van der Waals surface area contributed by atoms with E-state index in [2.05, 4.69) is 15.3 Å². The van der Waals surface area contributed by atoms with Crippen LogP contribution >= 0.6 is 11.6 Å². The minimum Gasteiger partial charge on any atom is -0.352 e. The van der Waals surface area contributed by atoms with Gasteiger partial charge in [0.05, 0.1) is 10.7 Å². The lowest BCUT2D eigenvalue weighted by atomic mass is 10.2. The number of H-pyrrole nitrogens is 1. The van der Waals surface area contributed by atoms with Crippen molar-refractivity contribution in [3.63, 3.8) is 0 Å². The van der Waals surface area contributed by atoms with E-state index in [1.165, 1.54) is 6.07 Å². The Labute approximate surface area is 120 Å². The molecule has 1 aromatic heterocycles. The second kappa shape index (κ2) is 5.25. The van der Waals surface area contributed by atoms with Gasteiger partial charge in [-0.2, -0.15) is 0 Å². The molecule has 20 heavy (non-hydrogen) atoms. The molecule has 0 amide bonds. The molecule has 6 heteroatoms.